The topological polar surface area (TPSA) is 69.4 Å². The van der Waals surface area contributed by atoms with Gasteiger partial charge in [-0.05, 0) is 0 Å². The van der Waals surface area contributed by atoms with Crippen LogP contribution >= 0.6 is 0 Å². The van der Waals surface area contributed by atoms with E-state index in [1.807, 2.05) is 0 Å². The van der Waals surface area contributed by atoms with Gasteiger partial charge in [-0.2, -0.15) is 0 Å². The second-order valence-corrected chi connectivity index (χ2v) is 8.46. The van der Waals surface area contributed by atoms with Gasteiger partial charge in [0.05, 0.1) is 0 Å². The van der Waals surface area contributed by atoms with Crippen LogP contribution < -0.4 is 8.81 Å². The predicted octanol–water partition coefficient (Wildman–Crippen LogP) is 0.657. The normalized spacial score (nSPS) is 9.20. The number of Topliss-reactive ketones (excluding diaryl/α,β-unsaturated/α-hetero) is 1. The van der Waals surface area contributed by atoms with E-state index in [2.05, 4.69) is 0 Å². The van der Waals surface area contributed by atoms with Crippen molar-refractivity contribution in [2.45, 2.75) is 13.8 Å². The van der Waals surface area contributed by atoms with Gasteiger partial charge in [0.15, 0.2) is 0 Å². The number of carbonyl (C=O) groups excluding carboxylic acids is 2. The molecule has 0 heterocycles. The van der Waals surface area contributed by atoms with Crippen molar-refractivity contribution in [3.8, 4) is 0 Å². The third-order valence-electron chi connectivity index (χ3n) is 1.98. The molecule has 0 aliphatic heterocycles. The molecule has 76 valence electrons. The molecule has 1 rings (SSSR count). The van der Waals surface area contributed by atoms with Crippen LogP contribution in [0.3, 0.4) is 0 Å². The van der Waals surface area contributed by atoms with Gasteiger partial charge >= 0.3 is 101 Å². The van der Waals surface area contributed by atoms with E-state index >= 15 is 0 Å². The number of nitrogens with two attached hydrogens (primary N) is 1. The number of nitrogen functional groups attached to an aromatic ring is 1. The van der Waals surface area contributed by atoms with E-state index in [9.17, 15) is 9.59 Å². The number of hydrogen-bond donors (Lipinski definition) is 1. The Morgan fingerprint density at radius 1 is 1.33 bits per heavy atom. The Labute approximate surface area is 101 Å². The third kappa shape index (κ3) is 3.62. The monoisotopic (exact) mass is 395 g/mol. The van der Waals surface area contributed by atoms with E-state index in [1.54, 1.807) is 18.2 Å². The molecule has 0 aliphatic rings. The van der Waals surface area contributed by atoms with Crippen LogP contribution in [0.4, 0.5) is 5.69 Å². The molecule has 15 heavy (non-hydrogen) atoms. The molecular weight excluding hydrogens is 383 g/mol. The fourth-order valence-corrected chi connectivity index (χ4v) is 4.40. The van der Waals surface area contributed by atoms with Gasteiger partial charge in [-0.3, -0.25) is 0 Å². The van der Waals surface area contributed by atoms with Gasteiger partial charge in [-0.1, -0.05) is 0 Å². The summed E-state index contributed by atoms with van der Waals surface area (Å²) in [5.41, 5.74) is 6.91. The Kier molecular flexibility index (Phi) is 4.26. The molecule has 1 aromatic carbocycles. The first-order valence-electron chi connectivity index (χ1n) is 4.53. The zero-order valence-electron chi connectivity index (χ0n) is 8.74. The number of ketones is 1. The summed E-state index contributed by atoms with van der Waals surface area (Å²) < 4.78 is 5.95. The van der Waals surface area contributed by atoms with Crippen LogP contribution in [0.5, 0.6) is 0 Å². The molecule has 0 unspecified atom stereocenters. The Balaban J connectivity index is 2.83. The molecule has 0 aliphatic carbocycles. The van der Waals surface area contributed by atoms with Gasteiger partial charge in [0.1, 0.15) is 0 Å². The fourth-order valence-electron chi connectivity index (χ4n) is 1.12. The number of hydrogen-bond acceptors (Lipinski definition) is 4. The predicted molar refractivity (Wildman–Crippen MR) is 52.3 cm³/mol. The summed E-state index contributed by atoms with van der Waals surface area (Å²) in [5.74, 6) is -0.274. The van der Waals surface area contributed by atoms with Crippen LogP contribution in [-0.4, -0.2) is 11.8 Å². The maximum atomic E-state index is 11.1. The van der Waals surface area contributed by atoms with Crippen molar-refractivity contribution < 1.29 is 37.3 Å². The summed E-state index contributed by atoms with van der Waals surface area (Å²) in [7, 11) is 0. The zero-order chi connectivity index (χ0) is 11.4. The zero-order valence-corrected chi connectivity index (χ0v) is 14.2. The van der Waals surface area contributed by atoms with E-state index in [4.69, 9.17) is 8.38 Å². The number of carbonyl (C=O) groups is 2. The molecule has 0 saturated carbocycles. The Morgan fingerprint density at radius 2 is 2.00 bits per heavy atom. The second-order valence-electron chi connectivity index (χ2n) is 3.25. The SMILES string of the molecule is CC(=O)[O][Hg][c]1ccc(C(C)=O)cc1N. The minimum atomic E-state index is -1.87. The van der Waals surface area contributed by atoms with Gasteiger partial charge in [-0.15, -0.1) is 0 Å². The number of anilines is 1. The first-order valence-corrected chi connectivity index (χ1v) is 9.52. The van der Waals surface area contributed by atoms with Crippen molar-refractivity contribution in [1.29, 1.82) is 0 Å². The van der Waals surface area contributed by atoms with Crippen molar-refractivity contribution in [2.75, 3.05) is 5.73 Å². The molecule has 0 bridgehead atoms. The molecular formula is C10H11HgNO3. The third-order valence-corrected chi connectivity index (χ3v) is 7.84. The van der Waals surface area contributed by atoms with Gasteiger partial charge < -0.3 is 0 Å². The van der Waals surface area contributed by atoms with E-state index in [1.165, 1.54) is 13.8 Å². The van der Waals surface area contributed by atoms with E-state index in [0.29, 0.717) is 11.3 Å². The van der Waals surface area contributed by atoms with Gasteiger partial charge in [0, 0.05) is 0 Å². The summed E-state index contributed by atoms with van der Waals surface area (Å²) >= 11 is -1.87. The van der Waals surface area contributed by atoms with Crippen molar-refractivity contribution in [3.05, 3.63) is 23.8 Å². The fraction of sp³-hybridized carbons (Fsp3) is 0.200. The molecule has 4 nitrogen and oxygen atoms in total. The van der Waals surface area contributed by atoms with Gasteiger partial charge in [-0.25, -0.2) is 0 Å². The molecule has 0 amide bonds. The quantitative estimate of drug-likeness (QED) is 0.465. The minimum absolute atomic E-state index is 0.0163. The summed E-state index contributed by atoms with van der Waals surface area (Å²) in [5, 5.41) is 0. The molecule has 0 radical (unpaired) electrons. The Hall–Kier alpha value is -0.905. The van der Waals surface area contributed by atoms with Crippen LogP contribution in [-0.2, 0) is 32.5 Å². The van der Waals surface area contributed by atoms with Gasteiger partial charge in [0.25, 0.3) is 0 Å². The molecule has 2 N–H and O–H groups in total. The van der Waals surface area contributed by atoms with Crippen molar-refractivity contribution >= 4 is 20.5 Å². The molecule has 0 aromatic heterocycles. The summed E-state index contributed by atoms with van der Waals surface area (Å²) in [6, 6.07) is 5.15. The number of rotatable bonds is 3. The van der Waals surface area contributed by atoms with Crippen LogP contribution in [0.25, 0.3) is 0 Å². The van der Waals surface area contributed by atoms with Crippen LogP contribution in [0.2, 0.25) is 0 Å². The summed E-state index contributed by atoms with van der Waals surface area (Å²) in [6.07, 6.45) is 0. The van der Waals surface area contributed by atoms with Crippen LogP contribution in [0.1, 0.15) is 24.2 Å². The van der Waals surface area contributed by atoms with E-state index in [-0.39, 0.29) is 11.8 Å². The number of benzene rings is 1. The van der Waals surface area contributed by atoms with Gasteiger partial charge in [0.2, 0.25) is 0 Å². The first-order chi connectivity index (χ1) is 7.00. The van der Waals surface area contributed by atoms with Crippen molar-refractivity contribution in [2.24, 2.45) is 0 Å². The Morgan fingerprint density at radius 3 is 2.47 bits per heavy atom. The molecule has 0 atom stereocenters. The standard InChI is InChI=1S/C8H8NO.C2H4O2.Hg/c1-6(10)7-3-2-4-8(9)5-7;1-2(3)4;/h2-3,5H,9H2,1H3;1H3,(H,3,4);/q;;+1/p-1. The molecule has 0 saturated heterocycles. The first kappa shape index (κ1) is 12.2. The summed E-state index contributed by atoms with van der Waals surface area (Å²) in [6.45, 7) is 2.88. The average Bonchev–Trinajstić information content (AvgIpc) is 2.15. The van der Waals surface area contributed by atoms with Crippen molar-refractivity contribution in [3.63, 3.8) is 0 Å². The van der Waals surface area contributed by atoms with Crippen LogP contribution in [0.15, 0.2) is 18.2 Å². The van der Waals surface area contributed by atoms with E-state index in [0.717, 1.165) is 3.07 Å². The molecule has 1 aromatic rings. The van der Waals surface area contributed by atoms with E-state index < -0.39 is 25.0 Å². The second kappa shape index (κ2) is 5.25. The molecule has 0 spiro atoms. The van der Waals surface area contributed by atoms with Crippen LogP contribution in [0, 0.1) is 0 Å². The van der Waals surface area contributed by atoms with Crippen molar-refractivity contribution in [1.82, 2.24) is 0 Å². The Bertz CT molecular complexity index is 404. The maximum absolute atomic E-state index is 11.1. The summed E-state index contributed by atoms with van der Waals surface area (Å²) in [4.78, 5) is 21.7. The molecule has 0 fully saturated rings. The molecule has 5 heteroatoms. The average molecular weight is 394 g/mol.